The number of nitrogens with zero attached hydrogens (tertiary/aromatic N) is 1. The minimum absolute atomic E-state index is 0.147. The van der Waals surface area contributed by atoms with Crippen LogP contribution < -0.4 is 10.6 Å². The SMILES string of the molecule is N#Cc1cccc(NC(=O)c2ccc3c(c2)CCNC3)c1. The van der Waals surface area contributed by atoms with Crippen LogP contribution >= 0.6 is 0 Å². The van der Waals surface area contributed by atoms with E-state index in [1.807, 2.05) is 18.2 Å². The highest BCUT2D eigenvalue weighted by molar-refractivity contribution is 6.04. The molecule has 0 fully saturated rings. The molecule has 0 bridgehead atoms. The van der Waals surface area contributed by atoms with Crippen LogP contribution in [0.1, 0.15) is 27.0 Å². The van der Waals surface area contributed by atoms with Crippen LogP contribution in [0.25, 0.3) is 0 Å². The Morgan fingerprint density at radius 2 is 2.10 bits per heavy atom. The molecule has 1 heterocycles. The van der Waals surface area contributed by atoms with Crippen molar-refractivity contribution < 1.29 is 4.79 Å². The zero-order valence-electron chi connectivity index (χ0n) is 11.5. The van der Waals surface area contributed by atoms with Crippen molar-refractivity contribution in [1.82, 2.24) is 5.32 Å². The summed E-state index contributed by atoms with van der Waals surface area (Å²) in [4.78, 5) is 12.3. The average Bonchev–Trinajstić information content (AvgIpc) is 2.54. The first kappa shape index (κ1) is 13.3. The van der Waals surface area contributed by atoms with Crippen LogP contribution in [0.2, 0.25) is 0 Å². The lowest BCUT2D eigenvalue weighted by atomic mass is 9.98. The number of rotatable bonds is 2. The third-order valence-electron chi connectivity index (χ3n) is 3.60. The number of anilines is 1. The molecule has 0 unspecified atom stereocenters. The molecule has 1 aliphatic rings. The van der Waals surface area contributed by atoms with Gasteiger partial charge in [0.15, 0.2) is 0 Å². The number of benzene rings is 2. The van der Waals surface area contributed by atoms with Crippen LogP contribution in [0.15, 0.2) is 42.5 Å². The molecular weight excluding hydrogens is 262 g/mol. The molecule has 104 valence electrons. The van der Waals surface area contributed by atoms with E-state index in [1.165, 1.54) is 11.1 Å². The Bertz CT molecular complexity index is 731. The van der Waals surface area contributed by atoms with Crippen LogP contribution in [0.3, 0.4) is 0 Å². The second-order valence-electron chi connectivity index (χ2n) is 5.06. The fourth-order valence-corrected chi connectivity index (χ4v) is 2.49. The van der Waals surface area contributed by atoms with E-state index in [9.17, 15) is 4.79 Å². The summed E-state index contributed by atoms with van der Waals surface area (Å²) in [6.45, 7) is 1.81. The van der Waals surface area contributed by atoms with Crippen molar-refractivity contribution in [2.75, 3.05) is 11.9 Å². The van der Waals surface area contributed by atoms with Gasteiger partial charge in [-0.25, -0.2) is 0 Å². The molecule has 0 aliphatic carbocycles. The lowest BCUT2D eigenvalue weighted by molar-refractivity contribution is 0.102. The van der Waals surface area contributed by atoms with Gasteiger partial charge in [-0.3, -0.25) is 4.79 Å². The van der Waals surface area contributed by atoms with Gasteiger partial charge in [-0.2, -0.15) is 5.26 Å². The minimum atomic E-state index is -0.147. The Morgan fingerprint density at radius 3 is 2.95 bits per heavy atom. The summed E-state index contributed by atoms with van der Waals surface area (Å²) in [5.41, 5.74) is 4.30. The molecule has 0 saturated heterocycles. The quantitative estimate of drug-likeness (QED) is 0.886. The Morgan fingerprint density at radius 1 is 1.19 bits per heavy atom. The lowest BCUT2D eigenvalue weighted by Gasteiger charge is -2.17. The van der Waals surface area contributed by atoms with Crippen LogP contribution in [-0.2, 0) is 13.0 Å². The minimum Gasteiger partial charge on any atom is -0.322 e. The van der Waals surface area contributed by atoms with Crippen molar-refractivity contribution in [3.63, 3.8) is 0 Å². The topological polar surface area (TPSA) is 64.9 Å². The number of amides is 1. The van der Waals surface area contributed by atoms with Gasteiger partial charge in [0.25, 0.3) is 5.91 Å². The van der Waals surface area contributed by atoms with Gasteiger partial charge in [-0.05, 0) is 54.4 Å². The van der Waals surface area contributed by atoms with Gasteiger partial charge in [-0.15, -0.1) is 0 Å². The first-order chi connectivity index (χ1) is 10.3. The van der Waals surface area contributed by atoms with Gasteiger partial charge in [0.2, 0.25) is 0 Å². The van der Waals surface area contributed by atoms with Crippen molar-refractivity contribution >= 4 is 11.6 Å². The second-order valence-corrected chi connectivity index (χ2v) is 5.06. The van der Waals surface area contributed by atoms with Gasteiger partial charge in [0.1, 0.15) is 0 Å². The molecule has 4 nitrogen and oxygen atoms in total. The number of carbonyl (C=O) groups excluding carboxylic acids is 1. The number of hydrogen-bond donors (Lipinski definition) is 2. The molecular formula is C17H15N3O. The van der Waals surface area contributed by atoms with E-state index in [0.717, 1.165) is 19.5 Å². The molecule has 0 aromatic heterocycles. The zero-order valence-corrected chi connectivity index (χ0v) is 11.5. The summed E-state index contributed by atoms with van der Waals surface area (Å²) in [5, 5.41) is 15.0. The molecule has 2 aromatic carbocycles. The number of fused-ring (bicyclic) bond motifs is 1. The van der Waals surface area contributed by atoms with Gasteiger partial charge in [-0.1, -0.05) is 12.1 Å². The number of carbonyl (C=O) groups is 1. The van der Waals surface area contributed by atoms with E-state index >= 15 is 0 Å². The molecule has 3 rings (SSSR count). The van der Waals surface area contributed by atoms with E-state index in [1.54, 1.807) is 24.3 Å². The fraction of sp³-hybridized carbons (Fsp3) is 0.176. The third-order valence-corrected chi connectivity index (χ3v) is 3.60. The summed E-state index contributed by atoms with van der Waals surface area (Å²) in [7, 11) is 0. The normalized spacial score (nSPS) is 13.1. The van der Waals surface area contributed by atoms with Crippen molar-refractivity contribution in [1.29, 1.82) is 5.26 Å². The van der Waals surface area contributed by atoms with E-state index in [0.29, 0.717) is 16.8 Å². The van der Waals surface area contributed by atoms with Gasteiger partial charge in [0.05, 0.1) is 11.6 Å². The van der Waals surface area contributed by atoms with E-state index in [4.69, 9.17) is 5.26 Å². The third kappa shape index (κ3) is 2.93. The summed E-state index contributed by atoms with van der Waals surface area (Å²) in [6, 6.07) is 14.8. The molecule has 21 heavy (non-hydrogen) atoms. The predicted octanol–water partition coefficient (Wildman–Crippen LogP) is 2.46. The first-order valence-electron chi connectivity index (χ1n) is 6.90. The second kappa shape index (κ2) is 5.78. The molecule has 1 amide bonds. The van der Waals surface area contributed by atoms with Crippen LogP contribution in [0.4, 0.5) is 5.69 Å². The summed E-state index contributed by atoms with van der Waals surface area (Å²) < 4.78 is 0. The maximum atomic E-state index is 12.3. The summed E-state index contributed by atoms with van der Waals surface area (Å²) in [6.07, 6.45) is 0.945. The highest BCUT2D eigenvalue weighted by Crippen LogP contribution is 2.17. The standard InChI is InChI=1S/C17H15N3O/c18-10-12-2-1-3-16(8-12)20-17(21)14-4-5-15-11-19-7-6-13(15)9-14/h1-5,8-9,19H,6-7,11H2,(H,20,21). The van der Waals surface area contributed by atoms with E-state index < -0.39 is 0 Å². The smallest absolute Gasteiger partial charge is 0.255 e. The number of hydrogen-bond acceptors (Lipinski definition) is 3. The first-order valence-corrected chi connectivity index (χ1v) is 6.90. The number of nitriles is 1. The maximum absolute atomic E-state index is 12.3. The van der Waals surface area contributed by atoms with Crippen molar-refractivity contribution in [2.45, 2.75) is 13.0 Å². The highest BCUT2D eigenvalue weighted by atomic mass is 16.1. The maximum Gasteiger partial charge on any atom is 0.255 e. The zero-order chi connectivity index (χ0) is 14.7. The fourth-order valence-electron chi connectivity index (χ4n) is 2.49. The van der Waals surface area contributed by atoms with Crippen LogP contribution in [0.5, 0.6) is 0 Å². The molecule has 2 aromatic rings. The molecule has 0 spiro atoms. The molecule has 2 N–H and O–H groups in total. The van der Waals surface area contributed by atoms with Gasteiger partial charge >= 0.3 is 0 Å². The molecule has 0 radical (unpaired) electrons. The van der Waals surface area contributed by atoms with Crippen LogP contribution in [0, 0.1) is 11.3 Å². The van der Waals surface area contributed by atoms with E-state index in [-0.39, 0.29) is 5.91 Å². The number of nitrogens with one attached hydrogen (secondary N) is 2. The Labute approximate surface area is 123 Å². The summed E-state index contributed by atoms with van der Waals surface area (Å²) in [5.74, 6) is -0.147. The van der Waals surface area contributed by atoms with Crippen LogP contribution in [-0.4, -0.2) is 12.5 Å². The Balaban J connectivity index is 1.80. The van der Waals surface area contributed by atoms with Gasteiger partial charge in [0, 0.05) is 17.8 Å². The molecule has 0 saturated carbocycles. The Kier molecular flexibility index (Phi) is 3.67. The van der Waals surface area contributed by atoms with Crippen molar-refractivity contribution in [2.24, 2.45) is 0 Å². The Hall–Kier alpha value is -2.64. The predicted molar refractivity (Wildman–Crippen MR) is 81.0 cm³/mol. The molecule has 1 aliphatic heterocycles. The van der Waals surface area contributed by atoms with Crippen molar-refractivity contribution in [3.8, 4) is 6.07 Å². The largest absolute Gasteiger partial charge is 0.322 e. The van der Waals surface area contributed by atoms with Gasteiger partial charge < -0.3 is 10.6 Å². The van der Waals surface area contributed by atoms with Crippen molar-refractivity contribution in [3.05, 3.63) is 64.7 Å². The molecule has 4 heteroatoms. The van der Waals surface area contributed by atoms with E-state index in [2.05, 4.69) is 16.7 Å². The monoisotopic (exact) mass is 277 g/mol. The summed E-state index contributed by atoms with van der Waals surface area (Å²) >= 11 is 0. The highest BCUT2D eigenvalue weighted by Gasteiger charge is 2.12. The lowest BCUT2D eigenvalue weighted by Crippen LogP contribution is -2.24. The molecule has 0 atom stereocenters. The average molecular weight is 277 g/mol.